The van der Waals surface area contributed by atoms with E-state index in [1.807, 2.05) is 53.1 Å². The number of nitro groups is 1. The van der Waals surface area contributed by atoms with Gasteiger partial charge in [0.25, 0.3) is 5.69 Å². The molecule has 0 unspecified atom stereocenters. The van der Waals surface area contributed by atoms with E-state index in [2.05, 4.69) is 31.4 Å². The summed E-state index contributed by atoms with van der Waals surface area (Å²) in [6, 6.07) is 20.1. The lowest BCUT2D eigenvalue weighted by Crippen LogP contribution is -2.00. The number of pyridine rings is 1. The van der Waals surface area contributed by atoms with Crippen molar-refractivity contribution in [3.05, 3.63) is 111 Å². The molecule has 0 atom stereocenters. The maximum absolute atomic E-state index is 10.8. The molecule has 2 aromatic carbocycles. The van der Waals surface area contributed by atoms with Crippen LogP contribution >= 0.6 is 15.9 Å². The first-order chi connectivity index (χ1) is 17.1. The highest BCUT2D eigenvalue weighted by Gasteiger charge is 2.13. The minimum Gasteiger partial charge on any atom is -0.389 e. The number of nitrogens with zero attached hydrogens (tertiary/aromatic N) is 7. The fraction of sp³-hybridized carbons (Fsp3) is 0.0833. The number of non-ortho nitro benzene ring substituents is 1. The molecule has 3 heterocycles. The fourth-order valence-electron chi connectivity index (χ4n) is 3.55. The summed E-state index contributed by atoms with van der Waals surface area (Å²) in [7, 11) is 0. The van der Waals surface area contributed by atoms with Gasteiger partial charge in [0.2, 0.25) is 0 Å². The smallest absolute Gasteiger partial charge is 0.269 e. The number of benzene rings is 2. The Hall–Kier alpha value is -4.38. The molecule has 0 radical (unpaired) electrons. The first-order valence-corrected chi connectivity index (χ1v) is 11.4. The molecule has 0 aliphatic carbocycles. The number of halogens is 1. The van der Waals surface area contributed by atoms with Crippen LogP contribution in [-0.4, -0.2) is 35.5 Å². The molecule has 0 aliphatic rings. The lowest BCUT2D eigenvalue weighted by molar-refractivity contribution is -0.384. The molecule has 5 rings (SSSR count). The molecule has 3 aromatic heterocycles. The summed E-state index contributed by atoms with van der Waals surface area (Å²) < 4.78 is 4.50. The van der Waals surface area contributed by atoms with Crippen LogP contribution in [0, 0.1) is 10.1 Å². The van der Waals surface area contributed by atoms with E-state index in [1.165, 1.54) is 12.1 Å². The maximum Gasteiger partial charge on any atom is 0.269 e. The molecule has 0 bridgehead atoms. The Morgan fingerprint density at radius 2 is 1.86 bits per heavy atom. The van der Waals surface area contributed by atoms with E-state index >= 15 is 0 Å². The number of oxime groups is 1. The van der Waals surface area contributed by atoms with Gasteiger partial charge in [-0.3, -0.25) is 14.5 Å². The monoisotopic (exact) mass is 531 g/mol. The van der Waals surface area contributed by atoms with Crippen LogP contribution in [0.3, 0.4) is 0 Å². The summed E-state index contributed by atoms with van der Waals surface area (Å²) in [5.41, 5.74) is 4.88. The van der Waals surface area contributed by atoms with E-state index in [0.29, 0.717) is 12.2 Å². The van der Waals surface area contributed by atoms with Gasteiger partial charge in [0.1, 0.15) is 11.3 Å². The second kappa shape index (κ2) is 9.85. The highest BCUT2D eigenvalue weighted by atomic mass is 79.9. The molecule has 0 saturated carbocycles. The van der Waals surface area contributed by atoms with Crippen molar-refractivity contribution < 1.29 is 9.76 Å². The molecule has 35 heavy (non-hydrogen) atoms. The summed E-state index contributed by atoms with van der Waals surface area (Å²) in [5, 5.41) is 23.1. The van der Waals surface area contributed by atoms with Gasteiger partial charge in [-0.25, -0.2) is 9.67 Å². The zero-order chi connectivity index (χ0) is 24.2. The van der Waals surface area contributed by atoms with Crippen LogP contribution in [0.1, 0.15) is 17.0 Å². The van der Waals surface area contributed by atoms with E-state index in [4.69, 9.17) is 9.82 Å². The van der Waals surface area contributed by atoms with Gasteiger partial charge in [-0.2, -0.15) is 0 Å². The predicted octanol–water partition coefficient (Wildman–Crippen LogP) is 4.86. The van der Waals surface area contributed by atoms with Gasteiger partial charge >= 0.3 is 0 Å². The molecule has 0 amide bonds. The van der Waals surface area contributed by atoms with Crippen molar-refractivity contribution in [3.63, 3.8) is 0 Å². The highest BCUT2D eigenvalue weighted by molar-refractivity contribution is 9.10. The Bertz CT molecular complexity index is 1510. The summed E-state index contributed by atoms with van der Waals surface area (Å²) in [6.45, 7) is 0.573. The minimum atomic E-state index is -0.427. The second-order valence-electron chi connectivity index (χ2n) is 7.63. The second-order valence-corrected chi connectivity index (χ2v) is 8.54. The van der Waals surface area contributed by atoms with Crippen LogP contribution < -0.4 is 0 Å². The van der Waals surface area contributed by atoms with Gasteiger partial charge in [0.05, 0.1) is 35.3 Å². The Labute approximate surface area is 207 Å². The first kappa shape index (κ1) is 22.4. The molecule has 0 spiro atoms. The molecule has 0 fully saturated rings. The number of hydrogen-bond donors (Lipinski definition) is 0. The van der Waals surface area contributed by atoms with Crippen molar-refractivity contribution in [2.24, 2.45) is 5.16 Å². The molecule has 0 N–H and O–H groups in total. The van der Waals surface area contributed by atoms with Gasteiger partial charge in [-0.15, -0.1) is 5.10 Å². The minimum absolute atomic E-state index is 0.0491. The van der Waals surface area contributed by atoms with E-state index < -0.39 is 4.92 Å². The standard InChI is InChI=1S/C24H18BrN7O3/c25-19-8-11-23-27-24(18-4-2-1-3-5-18)22(31(23)14-19)12-26-35-16-20-15-30(29-28-20)13-17-6-9-21(10-7-17)32(33)34/h1-12,14-15H,13,16H2/b26-12+. The molecule has 11 heteroatoms. The summed E-state index contributed by atoms with van der Waals surface area (Å²) >= 11 is 3.51. The SMILES string of the molecule is O=[N+]([O-])c1ccc(Cn2cc(CO/N=C/c3c(-c4ccccc4)nc4ccc(Br)cn34)nn2)cc1. The molecule has 10 nitrogen and oxygen atoms in total. The number of rotatable bonds is 8. The van der Waals surface area contributed by atoms with Gasteiger partial charge in [0.15, 0.2) is 6.61 Å². The van der Waals surface area contributed by atoms with Crippen molar-refractivity contribution in [2.45, 2.75) is 13.2 Å². The predicted molar refractivity (Wildman–Crippen MR) is 133 cm³/mol. The van der Waals surface area contributed by atoms with Crippen LogP contribution in [0.5, 0.6) is 0 Å². The first-order valence-electron chi connectivity index (χ1n) is 10.6. The lowest BCUT2D eigenvalue weighted by Gasteiger charge is -2.01. The van der Waals surface area contributed by atoms with Crippen molar-refractivity contribution in [1.82, 2.24) is 24.4 Å². The van der Waals surface area contributed by atoms with E-state index in [-0.39, 0.29) is 12.3 Å². The third-order valence-corrected chi connectivity index (χ3v) is 5.68. The highest BCUT2D eigenvalue weighted by Crippen LogP contribution is 2.24. The van der Waals surface area contributed by atoms with Crippen LogP contribution in [0.4, 0.5) is 5.69 Å². The fourth-order valence-corrected chi connectivity index (χ4v) is 3.89. The number of hydrogen-bond acceptors (Lipinski definition) is 7. The van der Waals surface area contributed by atoms with Crippen molar-refractivity contribution in [3.8, 4) is 11.3 Å². The van der Waals surface area contributed by atoms with Crippen molar-refractivity contribution in [1.29, 1.82) is 0 Å². The Morgan fingerprint density at radius 3 is 2.63 bits per heavy atom. The zero-order valence-corrected chi connectivity index (χ0v) is 19.8. The number of nitro benzene ring substituents is 1. The Morgan fingerprint density at radius 1 is 1.06 bits per heavy atom. The average Bonchev–Trinajstić information content (AvgIpc) is 3.46. The van der Waals surface area contributed by atoms with Crippen molar-refractivity contribution >= 4 is 33.5 Å². The average molecular weight is 532 g/mol. The molecule has 5 aromatic rings. The zero-order valence-electron chi connectivity index (χ0n) is 18.2. The third kappa shape index (κ3) is 5.09. The van der Waals surface area contributed by atoms with Crippen LogP contribution in [-0.2, 0) is 18.0 Å². The summed E-state index contributed by atoms with van der Waals surface area (Å²) in [4.78, 5) is 20.6. The van der Waals surface area contributed by atoms with Gasteiger partial charge < -0.3 is 4.84 Å². The quantitative estimate of drug-likeness (QED) is 0.160. The van der Waals surface area contributed by atoms with Crippen molar-refractivity contribution in [2.75, 3.05) is 0 Å². The Kier molecular flexibility index (Phi) is 6.31. The molecule has 0 saturated heterocycles. The summed E-state index contributed by atoms with van der Waals surface area (Å²) in [6.07, 6.45) is 5.31. The van der Waals surface area contributed by atoms with Crippen LogP contribution in [0.25, 0.3) is 16.9 Å². The topological polar surface area (TPSA) is 113 Å². The maximum atomic E-state index is 10.8. The van der Waals surface area contributed by atoms with Gasteiger partial charge in [0, 0.05) is 28.4 Å². The Balaban J connectivity index is 1.28. The molecule has 0 aliphatic heterocycles. The summed E-state index contributed by atoms with van der Waals surface area (Å²) in [5.74, 6) is 0. The van der Waals surface area contributed by atoms with Crippen LogP contribution in [0.15, 0.2) is 88.8 Å². The van der Waals surface area contributed by atoms with E-state index in [1.54, 1.807) is 29.2 Å². The largest absolute Gasteiger partial charge is 0.389 e. The van der Waals surface area contributed by atoms with Crippen LogP contribution in [0.2, 0.25) is 0 Å². The van der Waals surface area contributed by atoms with E-state index in [9.17, 15) is 10.1 Å². The molecular weight excluding hydrogens is 514 g/mol. The third-order valence-electron chi connectivity index (χ3n) is 5.21. The number of fused-ring (bicyclic) bond motifs is 1. The van der Waals surface area contributed by atoms with Gasteiger partial charge in [-0.05, 0) is 33.6 Å². The normalized spacial score (nSPS) is 11.3. The van der Waals surface area contributed by atoms with Gasteiger partial charge in [-0.1, -0.05) is 52.8 Å². The number of imidazole rings is 1. The molecule has 174 valence electrons. The lowest BCUT2D eigenvalue weighted by atomic mass is 10.1. The number of aromatic nitrogens is 5. The van der Waals surface area contributed by atoms with E-state index in [0.717, 1.165) is 32.6 Å². The molecular formula is C24H18BrN7O3.